The van der Waals surface area contributed by atoms with Crippen molar-refractivity contribution in [1.29, 1.82) is 0 Å². The van der Waals surface area contributed by atoms with Gasteiger partial charge in [0.1, 0.15) is 0 Å². The number of alkyl halides is 6. The Bertz CT molecular complexity index is 2920. The summed E-state index contributed by atoms with van der Waals surface area (Å²) in [6, 6.07) is 21.5. The number of nitrogens with one attached hydrogen (secondary N) is 2. The molecule has 8 rings (SSSR count). The van der Waals surface area contributed by atoms with Gasteiger partial charge in [0.25, 0.3) is 11.1 Å². The number of pyridine rings is 2. The van der Waals surface area contributed by atoms with Crippen LogP contribution in [0.3, 0.4) is 0 Å². The van der Waals surface area contributed by atoms with Crippen LogP contribution in [-0.4, -0.2) is 110 Å². The largest absolute Gasteiger partial charge is 0.493 e. The first kappa shape index (κ1) is 50.7. The minimum absolute atomic E-state index is 0.123. The Morgan fingerprint density at radius 1 is 0.507 bits per heavy atom. The Labute approximate surface area is 386 Å². The lowest BCUT2D eigenvalue weighted by atomic mass is 10.0. The number of halogens is 6. The quantitative estimate of drug-likeness (QED) is 0.0695. The van der Waals surface area contributed by atoms with E-state index < -0.39 is 24.3 Å². The molecule has 69 heavy (non-hydrogen) atoms. The molecule has 0 saturated carbocycles. The summed E-state index contributed by atoms with van der Waals surface area (Å²) in [6.07, 6.45) is -9.38. The molecule has 2 heterocycles. The third kappa shape index (κ3) is 10.1. The molecule has 2 aliphatic carbocycles. The summed E-state index contributed by atoms with van der Waals surface area (Å²) < 4.78 is 88.8. The Hall–Kier alpha value is -7.72. The van der Waals surface area contributed by atoms with E-state index in [2.05, 4.69) is 10.6 Å². The fourth-order valence-corrected chi connectivity index (χ4v) is 8.01. The number of carbonyl (C=O) groups excluding carboxylic acids is 2. The minimum atomic E-state index is -5.08. The van der Waals surface area contributed by atoms with Crippen LogP contribution in [0.15, 0.2) is 82.4 Å². The van der Waals surface area contributed by atoms with Crippen molar-refractivity contribution in [2.45, 2.75) is 31.9 Å². The number of fused-ring (bicyclic) bond motifs is 10. The van der Waals surface area contributed by atoms with Gasteiger partial charge in [-0.1, -0.05) is 48.5 Å². The lowest BCUT2D eigenvalue weighted by molar-refractivity contribution is -0.193. The SMILES string of the molecule is COc1cc2c3c(n(CCNCCCNCCn4c5c(c6cc(OC)c(OC)cc6c4=O)C(=O)c4ccccc4-5)c(=O)c2cc1OC)-c1ccccc1C3=O.O=C(O)C(F)(F)F.O=C(O)C(F)(F)F. The molecule has 0 radical (unpaired) electrons. The Morgan fingerprint density at radius 2 is 0.797 bits per heavy atom. The van der Waals surface area contributed by atoms with Gasteiger partial charge in [0, 0.05) is 59.2 Å². The van der Waals surface area contributed by atoms with Gasteiger partial charge in [-0.25, -0.2) is 9.59 Å². The molecule has 22 heteroatoms. The lowest BCUT2D eigenvalue weighted by Crippen LogP contribution is -2.31. The molecule has 0 spiro atoms. The Morgan fingerprint density at radius 3 is 1.09 bits per heavy atom. The second kappa shape index (κ2) is 20.7. The maximum absolute atomic E-state index is 14.0. The van der Waals surface area contributed by atoms with E-state index in [1.165, 1.54) is 28.4 Å². The van der Waals surface area contributed by atoms with Gasteiger partial charge in [-0.2, -0.15) is 26.3 Å². The second-order valence-corrected chi connectivity index (χ2v) is 15.1. The molecular weight excluding hydrogens is 927 g/mol. The lowest BCUT2D eigenvalue weighted by Gasteiger charge is -2.17. The van der Waals surface area contributed by atoms with Gasteiger partial charge in [0.05, 0.1) is 61.7 Å². The van der Waals surface area contributed by atoms with Gasteiger partial charge < -0.3 is 48.9 Å². The highest BCUT2D eigenvalue weighted by Gasteiger charge is 2.39. The van der Waals surface area contributed by atoms with Crippen LogP contribution in [0.25, 0.3) is 44.1 Å². The van der Waals surface area contributed by atoms with Crippen molar-refractivity contribution in [3.63, 3.8) is 0 Å². The van der Waals surface area contributed by atoms with Crippen molar-refractivity contribution >= 4 is 45.0 Å². The highest BCUT2D eigenvalue weighted by atomic mass is 19.4. The number of ketones is 2. The van der Waals surface area contributed by atoms with Crippen LogP contribution in [0.4, 0.5) is 26.3 Å². The summed E-state index contributed by atoms with van der Waals surface area (Å²) >= 11 is 0. The number of carboxylic acid groups (broad SMARTS) is 2. The summed E-state index contributed by atoms with van der Waals surface area (Å²) in [5.74, 6) is -4.03. The number of benzene rings is 4. The van der Waals surface area contributed by atoms with E-state index in [9.17, 15) is 45.5 Å². The molecule has 4 aromatic carbocycles. The average molecular weight is 969 g/mol. The van der Waals surface area contributed by atoms with Crippen molar-refractivity contribution < 1.29 is 74.7 Å². The molecule has 16 nitrogen and oxygen atoms in total. The molecular formula is C47H42F6N4O12. The maximum atomic E-state index is 14.0. The summed E-state index contributed by atoms with van der Waals surface area (Å²) in [4.78, 5) is 73.2. The number of rotatable bonds is 14. The van der Waals surface area contributed by atoms with Gasteiger partial charge in [-0.3, -0.25) is 19.2 Å². The van der Waals surface area contributed by atoms with Crippen molar-refractivity contribution in [2.75, 3.05) is 54.6 Å². The number of carboxylic acids is 2. The van der Waals surface area contributed by atoms with E-state index >= 15 is 0 Å². The number of methoxy groups -OCH3 is 4. The van der Waals surface area contributed by atoms with Crippen LogP contribution >= 0.6 is 0 Å². The molecule has 2 aromatic heterocycles. The average Bonchev–Trinajstić information content (AvgIpc) is 3.79. The molecule has 6 aromatic rings. The molecule has 0 bridgehead atoms. The van der Waals surface area contributed by atoms with Crippen LogP contribution in [-0.2, 0) is 22.7 Å². The summed E-state index contributed by atoms with van der Waals surface area (Å²) in [7, 11) is 6.08. The zero-order valence-electron chi connectivity index (χ0n) is 37.0. The van der Waals surface area contributed by atoms with Gasteiger partial charge in [0.15, 0.2) is 34.6 Å². The summed E-state index contributed by atoms with van der Waals surface area (Å²) in [5, 5.41) is 23.0. The number of hydrogen-bond acceptors (Lipinski definition) is 12. The van der Waals surface area contributed by atoms with Crippen molar-refractivity contribution in [2.24, 2.45) is 0 Å². The van der Waals surface area contributed by atoms with Crippen molar-refractivity contribution in [3.05, 3.63) is 116 Å². The molecule has 0 fully saturated rings. The fraction of sp³-hybridized carbons (Fsp3) is 0.277. The van der Waals surface area contributed by atoms with E-state index in [0.717, 1.165) is 17.5 Å². The molecule has 0 saturated heterocycles. The predicted molar refractivity (Wildman–Crippen MR) is 238 cm³/mol. The monoisotopic (exact) mass is 968 g/mol. The molecule has 4 N–H and O–H groups in total. The van der Waals surface area contributed by atoms with Crippen LogP contribution in [0.2, 0.25) is 0 Å². The maximum Gasteiger partial charge on any atom is 0.490 e. The summed E-state index contributed by atoms with van der Waals surface area (Å²) in [5.41, 5.74) is 4.41. The number of aromatic nitrogens is 2. The van der Waals surface area contributed by atoms with Crippen LogP contribution < -0.4 is 40.7 Å². The van der Waals surface area contributed by atoms with E-state index in [1.807, 2.05) is 36.4 Å². The van der Waals surface area contributed by atoms with Crippen LogP contribution in [0, 0.1) is 0 Å². The fourth-order valence-electron chi connectivity index (χ4n) is 8.01. The second-order valence-electron chi connectivity index (χ2n) is 15.1. The third-order valence-electron chi connectivity index (χ3n) is 11.1. The van der Waals surface area contributed by atoms with Crippen molar-refractivity contribution in [1.82, 2.24) is 19.8 Å². The van der Waals surface area contributed by atoms with Crippen LogP contribution in [0.1, 0.15) is 38.3 Å². The Balaban J connectivity index is 0.000000489. The van der Waals surface area contributed by atoms with Gasteiger partial charge >= 0.3 is 24.3 Å². The molecule has 0 aliphatic heterocycles. The number of carbonyl (C=O) groups is 4. The van der Waals surface area contributed by atoms with E-state index in [0.29, 0.717) is 117 Å². The van der Waals surface area contributed by atoms with Crippen molar-refractivity contribution in [3.8, 4) is 45.5 Å². The highest BCUT2D eigenvalue weighted by molar-refractivity contribution is 6.28. The standard InChI is InChI=1S/C43H40N4O8.2C2HF3O2/c1-52-32-20-28-30(22-34(32)54-3)42(50)46(38-24-10-5-7-12-26(24)40(48)36(28)38)18-16-44-14-9-15-45-17-19-47-39-25-11-6-8-13-27(25)41(49)37(39)29-21-33(53-2)35(55-4)23-31(29)43(47)51;2*3-2(4,5)1(6)7/h5-8,10-13,20-23,44-45H,9,14-19H2,1-4H3;2*(H,6,7). The zero-order valence-corrected chi connectivity index (χ0v) is 37.0. The molecule has 364 valence electrons. The molecule has 0 unspecified atom stereocenters. The Kier molecular flexibility index (Phi) is 15.2. The number of ether oxygens (including phenoxy) is 4. The van der Waals surface area contributed by atoms with Gasteiger partial charge in [-0.15, -0.1) is 0 Å². The zero-order chi connectivity index (χ0) is 50.5. The van der Waals surface area contributed by atoms with E-state index in [-0.39, 0.29) is 22.7 Å². The third-order valence-corrected chi connectivity index (χ3v) is 11.1. The van der Waals surface area contributed by atoms with Gasteiger partial charge in [-0.05, 0) is 43.8 Å². The predicted octanol–water partition coefficient (Wildman–Crippen LogP) is 6.31. The molecule has 0 atom stereocenters. The van der Waals surface area contributed by atoms with Gasteiger partial charge in [0.2, 0.25) is 0 Å². The number of aliphatic carboxylic acids is 2. The first-order valence-corrected chi connectivity index (χ1v) is 20.7. The number of hydrogen-bond donors (Lipinski definition) is 4. The first-order chi connectivity index (χ1) is 32.7. The van der Waals surface area contributed by atoms with E-state index in [1.54, 1.807) is 45.5 Å². The normalized spacial score (nSPS) is 12.3. The summed E-state index contributed by atoms with van der Waals surface area (Å²) in [6.45, 7) is 3.06. The molecule has 2 aliphatic rings. The molecule has 0 amide bonds. The smallest absolute Gasteiger partial charge is 0.490 e. The number of nitrogens with zero attached hydrogens (tertiary/aromatic N) is 2. The van der Waals surface area contributed by atoms with E-state index in [4.69, 9.17) is 38.7 Å². The highest BCUT2D eigenvalue weighted by Crippen LogP contribution is 2.43. The first-order valence-electron chi connectivity index (χ1n) is 20.7. The van der Waals surface area contributed by atoms with Crippen LogP contribution in [0.5, 0.6) is 23.0 Å². The minimum Gasteiger partial charge on any atom is -0.493 e. The topological polar surface area (TPSA) is 214 Å².